The van der Waals surface area contributed by atoms with E-state index in [1.54, 1.807) is 13.0 Å². The third kappa shape index (κ3) is 3.74. The Morgan fingerprint density at radius 2 is 1.67 bits per heavy atom. The third-order valence-corrected chi connectivity index (χ3v) is 3.40. The van der Waals surface area contributed by atoms with Gasteiger partial charge in [-0.2, -0.15) is 0 Å². The Labute approximate surface area is 124 Å². The van der Waals surface area contributed by atoms with E-state index in [2.05, 4.69) is 16.4 Å². The molecular formula is C16H22O5. The Morgan fingerprint density at radius 1 is 1.10 bits per heavy atom. The number of ether oxygens (including phenoxy) is 2. The first-order valence-corrected chi connectivity index (χ1v) is 6.99. The summed E-state index contributed by atoms with van der Waals surface area (Å²) in [6.07, 6.45) is 3.64. The minimum Gasteiger partial charge on any atom is -0.507 e. The van der Waals surface area contributed by atoms with E-state index in [4.69, 9.17) is 0 Å². The predicted octanol–water partition coefficient (Wildman–Crippen LogP) is 3.01. The van der Waals surface area contributed by atoms with Crippen LogP contribution in [0.5, 0.6) is 5.75 Å². The molecule has 0 amide bonds. The average Bonchev–Trinajstić information content (AvgIpc) is 2.48. The minimum atomic E-state index is -0.742. The summed E-state index contributed by atoms with van der Waals surface area (Å²) in [6, 6.07) is 1.73. The Balaban J connectivity index is 3.38. The van der Waals surface area contributed by atoms with Crippen molar-refractivity contribution >= 4 is 11.9 Å². The SMILES string of the molecule is CCCCCc1cc(C)c(C(=O)OC)c(C(=O)OC)c1O. The zero-order valence-electron chi connectivity index (χ0n) is 13.0. The van der Waals surface area contributed by atoms with Gasteiger partial charge < -0.3 is 14.6 Å². The first-order chi connectivity index (χ1) is 9.97. The van der Waals surface area contributed by atoms with Crippen LogP contribution in [0.3, 0.4) is 0 Å². The van der Waals surface area contributed by atoms with Crippen molar-refractivity contribution in [3.8, 4) is 5.75 Å². The highest BCUT2D eigenvalue weighted by atomic mass is 16.5. The van der Waals surface area contributed by atoms with Gasteiger partial charge in [-0.1, -0.05) is 25.8 Å². The van der Waals surface area contributed by atoms with E-state index in [1.165, 1.54) is 14.2 Å². The van der Waals surface area contributed by atoms with Crippen molar-refractivity contribution in [1.29, 1.82) is 0 Å². The molecule has 1 aromatic rings. The molecular weight excluding hydrogens is 272 g/mol. The molecule has 0 aromatic heterocycles. The molecule has 0 saturated heterocycles. The molecule has 1 N–H and O–H groups in total. The van der Waals surface area contributed by atoms with Crippen molar-refractivity contribution in [3.05, 3.63) is 28.3 Å². The molecule has 1 aromatic carbocycles. The summed E-state index contributed by atoms with van der Waals surface area (Å²) in [5.74, 6) is -1.60. The molecule has 0 aliphatic carbocycles. The van der Waals surface area contributed by atoms with E-state index in [0.717, 1.165) is 19.3 Å². The number of aryl methyl sites for hydroxylation is 2. The highest BCUT2D eigenvalue weighted by Crippen LogP contribution is 2.31. The van der Waals surface area contributed by atoms with Gasteiger partial charge in [-0.25, -0.2) is 9.59 Å². The van der Waals surface area contributed by atoms with Crippen LogP contribution in [0.1, 0.15) is 58.0 Å². The third-order valence-electron chi connectivity index (χ3n) is 3.40. The summed E-state index contributed by atoms with van der Waals surface area (Å²) in [5.41, 5.74) is 1.18. The number of rotatable bonds is 6. The predicted molar refractivity (Wildman–Crippen MR) is 78.8 cm³/mol. The number of aromatic hydroxyl groups is 1. The van der Waals surface area contributed by atoms with E-state index >= 15 is 0 Å². The van der Waals surface area contributed by atoms with Gasteiger partial charge in [0.25, 0.3) is 0 Å². The average molecular weight is 294 g/mol. The number of benzene rings is 1. The van der Waals surface area contributed by atoms with E-state index in [0.29, 0.717) is 17.5 Å². The minimum absolute atomic E-state index is 0.0566. The Morgan fingerprint density at radius 3 is 2.19 bits per heavy atom. The lowest BCUT2D eigenvalue weighted by atomic mass is 9.94. The van der Waals surface area contributed by atoms with Gasteiger partial charge in [0.2, 0.25) is 0 Å². The van der Waals surface area contributed by atoms with Gasteiger partial charge >= 0.3 is 11.9 Å². The van der Waals surface area contributed by atoms with Gasteiger partial charge in [-0.15, -0.1) is 0 Å². The Kier molecular flexibility index (Phi) is 6.21. The fraction of sp³-hybridized carbons (Fsp3) is 0.500. The normalized spacial score (nSPS) is 10.3. The van der Waals surface area contributed by atoms with Crippen molar-refractivity contribution < 1.29 is 24.2 Å². The summed E-state index contributed by atoms with van der Waals surface area (Å²) in [6.45, 7) is 3.80. The second-order valence-electron chi connectivity index (χ2n) is 4.89. The fourth-order valence-electron chi connectivity index (χ4n) is 2.30. The maximum Gasteiger partial charge on any atom is 0.342 e. The van der Waals surface area contributed by atoms with Gasteiger partial charge in [0, 0.05) is 0 Å². The Bertz CT molecular complexity index is 534. The first-order valence-electron chi connectivity index (χ1n) is 6.99. The fourth-order valence-corrected chi connectivity index (χ4v) is 2.30. The van der Waals surface area contributed by atoms with Crippen molar-refractivity contribution in [2.24, 2.45) is 0 Å². The van der Waals surface area contributed by atoms with Gasteiger partial charge in [0.1, 0.15) is 11.3 Å². The molecule has 0 fully saturated rings. The van der Waals surface area contributed by atoms with Crippen molar-refractivity contribution in [2.45, 2.75) is 39.5 Å². The van der Waals surface area contributed by atoms with E-state index in [1.807, 2.05) is 0 Å². The quantitative estimate of drug-likeness (QED) is 0.645. The van der Waals surface area contributed by atoms with E-state index in [-0.39, 0.29) is 16.9 Å². The summed E-state index contributed by atoms with van der Waals surface area (Å²) in [4.78, 5) is 23.8. The molecule has 0 saturated carbocycles. The van der Waals surface area contributed by atoms with Gasteiger partial charge in [-0.3, -0.25) is 0 Å². The molecule has 0 spiro atoms. The van der Waals surface area contributed by atoms with Crippen LogP contribution in [0.15, 0.2) is 6.07 Å². The van der Waals surface area contributed by atoms with Crippen LogP contribution >= 0.6 is 0 Å². The number of hydrogen-bond acceptors (Lipinski definition) is 5. The van der Waals surface area contributed by atoms with Crippen LogP contribution in [0.4, 0.5) is 0 Å². The van der Waals surface area contributed by atoms with Crippen LogP contribution in [0.2, 0.25) is 0 Å². The summed E-state index contributed by atoms with van der Waals surface area (Å²) in [5, 5.41) is 10.3. The van der Waals surface area contributed by atoms with Crippen molar-refractivity contribution in [1.82, 2.24) is 0 Å². The molecule has 0 bridgehead atoms. The highest BCUT2D eigenvalue weighted by molar-refractivity contribution is 6.06. The summed E-state index contributed by atoms with van der Waals surface area (Å²) in [7, 11) is 2.44. The molecule has 0 aliphatic rings. The zero-order chi connectivity index (χ0) is 16.0. The van der Waals surface area contributed by atoms with E-state index in [9.17, 15) is 14.7 Å². The molecule has 116 valence electrons. The maximum atomic E-state index is 11.9. The monoisotopic (exact) mass is 294 g/mol. The number of phenols is 1. The lowest BCUT2D eigenvalue weighted by Crippen LogP contribution is -2.15. The molecule has 0 unspecified atom stereocenters. The molecule has 5 heteroatoms. The molecule has 0 radical (unpaired) electrons. The largest absolute Gasteiger partial charge is 0.507 e. The number of esters is 2. The van der Waals surface area contributed by atoms with Crippen molar-refractivity contribution in [3.63, 3.8) is 0 Å². The topological polar surface area (TPSA) is 72.8 Å². The van der Waals surface area contributed by atoms with Crippen LogP contribution in [0, 0.1) is 6.92 Å². The van der Waals surface area contributed by atoms with Gasteiger partial charge in [0.05, 0.1) is 19.8 Å². The van der Waals surface area contributed by atoms with Crippen LogP contribution in [0.25, 0.3) is 0 Å². The number of unbranched alkanes of at least 4 members (excludes halogenated alkanes) is 2. The number of carbonyl (C=O) groups is 2. The van der Waals surface area contributed by atoms with Crippen LogP contribution in [-0.4, -0.2) is 31.3 Å². The lowest BCUT2D eigenvalue weighted by molar-refractivity contribution is 0.0551. The number of carbonyl (C=O) groups excluding carboxylic acids is 2. The van der Waals surface area contributed by atoms with Crippen LogP contribution in [-0.2, 0) is 15.9 Å². The molecule has 0 aliphatic heterocycles. The molecule has 0 heterocycles. The van der Waals surface area contributed by atoms with Crippen LogP contribution < -0.4 is 0 Å². The highest BCUT2D eigenvalue weighted by Gasteiger charge is 2.26. The van der Waals surface area contributed by atoms with Gasteiger partial charge in [-0.05, 0) is 30.9 Å². The molecule has 21 heavy (non-hydrogen) atoms. The molecule has 1 rings (SSSR count). The van der Waals surface area contributed by atoms with E-state index < -0.39 is 11.9 Å². The molecule has 5 nitrogen and oxygen atoms in total. The number of hydrogen-bond donors (Lipinski definition) is 1. The van der Waals surface area contributed by atoms with Crippen molar-refractivity contribution in [2.75, 3.05) is 14.2 Å². The number of methoxy groups -OCH3 is 2. The standard InChI is InChI=1S/C16H22O5/c1-5-6-7-8-11-9-10(2)12(15(18)20-3)13(14(11)17)16(19)21-4/h9,17H,5-8H2,1-4H3. The molecule has 0 atom stereocenters. The second kappa shape index (κ2) is 7.67. The summed E-state index contributed by atoms with van der Waals surface area (Å²) < 4.78 is 9.37. The maximum absolute atomic E-state index is 11.9. The zero-order valence-corrected chi connectivity index (χ0v) is 13.0. The second-order valence-corrected chi connectivity index (χ2v) is 4.89. The number of phenolic OH excluding ortho intramolecular Hbond substituents is 1. The van der Waals surface area contributed by atoms with Gasteiger partial charge in [0.15, 0.2) is 0 Å². The summed E-state index contributed by atoms with van der Waals surface area (Å²) >= 11 is 0. The smallest absolute Gasteiger partial charge is 0.342 e. The lowest BCUT2D eigenvalue weighted by Gasteiger charge is -2.15. The first kappa shape index (κ1) is 17.0. The Hall–Kier alpha value is -2.04.